The molecule has 3 heterocycles. The number of alkyl halides is 2. The maximum absolute atomic E-state index is 13.2. The normalized spacial score (nSPS) is 26.6. The number of ether oxygens (including phenoxy) is 2. The first-order valence-corrected chi connectivity index (χ1v) is 10.3. The van der Waals surface area contributed by atoms with E-state index >= 15 is 0 Å². The predicted octanol–water partition coefficient (Wildman–Crippen LogP) is 2.60. The number of allylic oxidation sites excluding steroid dienone is 1. The third-order valence-corrected chi connectivity index (χ3v) is 6.26. The van der Waals surface area contributed by atoms with Crippen molar-refractivity contribution in [3.63, 3.8) is 0 Å². The Labute approximate surface area is 179 Å². The van der Waals surface area contributed by atoms with Crippen molar-refractivity contribution in [2.45, 2.75) is 44.0 Å². The van der Waals surface area contributed by atoms with Crippen LogP contribution in [0, 0.1) is 5.92 Å². The number of aliphatic carboxylic acids is 1. The van der Waals surface area contributed by atoms with Gasteiger partial charge in [-0.25, -0.2) is 14.5 Å². The molecule has 0 radical (unpaired) electrons. The van der Waals surface area contributed by atoms with Crippen LogP contribution < -0.4 is 20.1 Å². The SMILES string of the molecule is C[C@H]1NC=C(C[C@H]2C(=O)N(C(=O)N[C@H](C)c3ccc4c(c3)OC(F)(F)O4)[C@@H]2C(=O)O)S1. The lowest BCUT2D eigenvalue weighted by molar-refractivity contribution is -0.286. The maximum atomic E-state index is 13.2. The van der Waals surface area contributed by atoms with Gasteiger partial charge in [-0.05, 0) is 38.0 Å². The molecule has 4 rings (SSSR count). The average Bonchev–Trinajstić information content (AvgIpc) is 3.22. The summed E-state index contributed by atoms with van der Waals surface area (Å²) in [6.07, 6.45) is -1.79. The molecule has 12 heteroatoms. The van der Waals surface area contributed by atoms with E-state index in [9.17, 15) is 28.3 Å². The van der Waals surface area contributed by atoms with Crippen molar-refractivity contribution in [1.29, 1.82) is 0 Å². The molecule has 1 saturated heterocycles. The molecule has 1 aromatic rings. The van der Waals surface area contributed by atoms with Crippen LogP contribution in [-0.4, -0.2) is 45.6 Å². The van der Waals surface area contributed by atoms with Crippen LogP contribution in [0.25, 0.3) is 0 Å². The number of rotatable bonds is 5. The zero-order chi connectivity index (χ0) is 22.5. The summed E-state index contributed by atoms with van der Waals surface area (Å²) in [5, 5.41) is 15.3. The summed E-state index contributed by atoms with van der Waals surface area (Å²) in [5.41, 5.74) is 0.414. The summed E-state index contributed by atoms with van der Waals surface area (Å²) in [7, 11) is 0. The van der Waals surface area contributed by atoms with Gasteiger partial charge in [-0.15, -0.1) is 20.5 Å². The number of urea groups is 1. The van der Waals surface area contributed by atoms with Crippen LogP contribution in [0.15, 0.2) is 29.3 Å². The number of likely N-dealkylation sites (tertiary alicyclic amines) is 1. The number of benzene rings is 1. The van der Waals surface area contributed by atoms with Gasteiger partial charge in [0.2, 0.25) is 5.91 Å². The first-order valence-electron chi connectivity index (χ1n) is 9.43. The van der Waals surface area contributed by atoms with Crippen molar-refractivity contribution in [2.75, 3.05) is 0 Å². The Kier molecular flexibility index (Phi) is 5.20. The summed E-state index contributed by atoms with van der Waals surface area (Å²) in [5.74, 6) is -3.01. The number of halogens is 2. The van der Waals surface area contributed by atoms with Gasteiger partial charge in [-0.3, -0.25) is 4.79 Å². The third kappa shape index (κ3) is 3.99. The Morgan fingerprint density at radius 3 is 2.71 bits per heavy atom. The highest BCUT2D eigenvalue weighted by Gasteiger charge is 2.55. The molecule has 9 nitrogen and oxygen atoms in total. The fourth-order valence-corrected chi connectivity index (χ4v) is 4.66. The maximum Gasteiger partial charge on any atom is 0.586 e. The Hall–Kier alpha value is -3.02. The second-order valence-electron chi connectivity index (χ2n) is 7.38. The number of imide groups is 1. The lowest BCUT2D eigenvalue weighted by Gasteiger charge is -2.43. The Bertz CT molecular complexity index is 987. The topological polar surface area (TPSA) is 117 Å². The summed E-state index contributed by atoms with van der Waals surface area (Å²) in [4.78, 5) is 38.4. The van der Waals surface area contributed by atoms with Crippen LogP contribution in [-0.2, 0) is 9.59 Å². The molecule has 4 atom stereocenters. The average molecular weight is 455 g/mol. The van der Waals surface area contributed by atoms with E-state index in [0.29, 0.717) is 10.5 Å². The number of hydrogen-bond acceptors (Lipinski definition) is 7. The van der Waals surface area contributed by atoms with Crippen molar-refractivity contribution < 1.29 is 37.7 Å². The number of β-lactam (4-membered cyclic amide) rings is 1. The monoisotopic (exact) mass is 455 g/mol. The van der Waals surface area contributed by atoms with E-state index in [4.69, 9.17) is 0 Å². The molecule has 3 aliphatic rings. The van der Waals surface area contributed by atoms with Gasteiger partial charge in [0.05, 0.1) is 17.3 Å². The quantitative estimate of drug-likeness (QED) is 0.580. The highest BCUT2D eigenvalue weighted by Crippen LogP contribution is 2.42. The van der Waals surface area contributed by atoms with Gasteiger partial charge < -0.3 is 25.2 Å². The molecule has 1 fully saturated rings. The van der Waals surface area contributed by atoms with Gasteiger partial charge in [0, 0.05) is 11.1 Å². The van der Waals surface area contributed by atoms with E-state index in [1.54, 1.807) is 13.1 Å². The second-order valence-corrected chi connectivity index (χ2v) is 8.85. The van der Waals surface area contributed by atoms with Gasteiger partial charge >= 0.3 is 18.3 Å². The van der Waals surface area contributed by atoms with Crippen LogP contribution in [0.1, 0.15) is 31.9 Å². The molecule has 3 amide bonds. The standard InChI is InChI=1S/C19H19F2N3O6S/c1-8(10-3-4-13-14(5-10)30-19(20,21)29-13)23-18(28)24-15(17(26)27)12(16(24)25)6-11-7-22-9(2)31-11/h3-5,7-9,12,15,22H,6H2,1-2H3,(H,23,28)(H,26,27)/t8-,9+,12-,15+/m1/s1. The minimum atomic E-state index is -3.76. The van der Waals surface area contributed by atoms with E-state index in [1.807, 2.05) is 6.92 Å². The molecule has 31 heavy (non-hydrogen) atoms. The molecule has 0 aliphatic carbocycles. The smallest absolute Gasteiger partial charge is 0.480 e. The van der Waals surface area contributed by atoms with Gasteiger partial charge in [0.25, 0.3) is 0 Å². The molecule has 166 valence electrons. The number of carboxylic acids is 1. The van der Waals surface area contributed by atoms with Crippen LogP contribution >= 0.6 is 11.8 Å². The highest BCUT2D eigenvalue weighted by molar-refractivity contribution is 8.03. The number of fused-ring (bicyclic) bond motifs is 1. The molecule has 3 aliphatic heterocycles. The molecule has 1 aromatic carbocycles. The number of hydrogen-bond donors (Lipinski definition) is 3. The van der Waals surface area contributed by atoms with Gasteiger partial charge in [-0.2, -0.15) is 0 Å². The first-order chi connectivity index (χ1) is 14.6. The van der Waals surface area contributed by atoms with Crippen molar-refractivity contribution in [3.05, 3.63) is 34.9 Å². The number of carbonyl (C=O) groups is 3. The van der Waals surface area contributed by atoms with Gasteiger partial charge in [-0.1, -0.05) is 6.07 Å². The number of carbonyl (C=O) groups excluding carboxylic acids is 2. The van der Waals surface area contributed by atoms with Crippen molar-refractivity contribution in [3.8, 4) is 11.5 Å². The van der Waals surface area contributed by atoms with E-state index in [0.717, 1.165) is 4.91 Å². The van der Waals surface area contributed by atoms with Crippen LogP contribution in [0.5, 0.6) is 11.5 Å². The number of nitrogens with zero attached hydrogens (tertiary/aromatic N) is 1. The van der Waals surface area contributed by atoms with Gasteiger partial charge in [0.15, 0.2) is 17.5 Å². The van der Waals surface area contributed by atoms with Crippen molar-refractivity contribution in [2.24, 2.45) is 5.92 Å². The second kappa shape index (κ2) is 7.59. The molecule has 0 bridgehead atoms. The number of thioether (sulfide) groups is 1. The molecular weight excluding hydrogens is 436 g/mol. The van der Waals surface area contributed by atoms with E-state index in [1.165, 1.54) is 30.0 Å². The summed E-state index contributed by atoms with van der Waals surface area (Å²) in [6.45, 7) is 3.50. The zero-order valence-corrected chi connectivity index (χ0v) is 17.2. The minimum Gasteiger partial charge on any atom is -0.480 e. The third-order valence-electron chi connectivity index (χ3n) is 5.18. The molecular formula is C19H19F2N3O6S. The molecule has 0 unspecified atom stereocenters. The number of nitrogens with one attached hydrogen (secondary N) is 2. The fourth-order valence-electron chi connectivity index (χ4n) is 3.66. The van der Waals surface area contributed by atoms with Crippen molar-refractivity contribution in [1.82, 2.24) is 15.5 Å². The van der Waals surface area contributed by atoms with Crippen LogP contribution in [0.2, 0.25) is 0 Å². The molecule has 0 aromatic heterocycles. The fraction of sp³-hybridized carbons (Fsp3) is 0.421. The largest absolute Gasteiger partial charge is 0.586 e. The van der Waals surface area contributed by atoms with Gasteiger partial charge in [0.1, 0.15) is 0 Å². The Morgan fingerprint density at radius 2 is 2.06 bits per heavy atom. The number of amides is 3. The predicted molar refractivity (Wildman–Crippen MR) is 104 cm³/mol. The summed E-state index contributed by atoms with van der Waals surface area (Å²) in [6, 6.07) is 1.16. The van der Waals surface area contributed by atoms with Crippen LogP contribution in [0.3, 0.4) is 0 Å². The zero-order valence-electron chi connectivity index (χ0n) is 16.4. The lowest BCUT2D eigenvalue weighted by atomic mass is 9.84. The van der Waals surface area contributed by atoms with E-state index in [2.05, 4.69) is 20.1 Å². The molecule has 3 N–H and O–H groups in total. The lowest BCUT2D eigenvalue weighted by Crippen LogP contribution is -2.68. The minimum absolute atomic E-state index is 0.135. The molecule has 0 spiro atoms. The summed E-state index contributed by atoms with van der Waals surface area (Å²) < 4.78 is 35.1. The number of carboxylic acid groups (broad SMARTS) is 1. The van der Waals surface area contributed by atoms with E-state index < -0.39 is 42.2 Å². The highest BCUT2D eigenvalue weighted by atomic mass is 32.2. The van der Waals surface area contributed by atoms with Crippen molar-refractivity contribution >= 4 is 29.7 Å². The summed E-state index contributed by atoms with van der Waals surface area (Å²) >= 11 is 1.50. The Balaban J connectivity index is 1.42. The Morgan fingerprint density at radius 1 is 1.35 bits per heavy atom. The molecule has 0 saturated carbocycles. The first kappa shape index (κ1) is 21.2. The van der Waals surface area contributed by atoms with Crippen LogP contribution in [0.4, 0.5) is 13.6 Å². The van der Waals surface area contributed by atoms with E-state index in [-0.39, 0.29) is 23.3 Å².